The molecular weight excluding hydrogens is 305 g/mol. The summed E-state index contributed by atoms with van der Waals surface area (Å²) in [7, 11) is 0. The third kappa shape index (κ3) is 3.73. The zero-order chi connectivity index (χ0) is 13.1. The van der Waals surface area contributed by atoms with Gasteiger partial charge < -0.3 is 5.73 Å². The standard InChI is InChI=1S/C13H17Cl2NS2/c1-8-13(18-5-4-17-8)12(16)7-9-2-3-10(14)11(15)6-9/h2-3,6,8,12-13H,4-5,7,16H2,1H3. The Kier molecular flexibility index (Phi) is 5.58. The highest BCUT2D eigenvalue weighted by Crippen LogP contribution is 2.33. The van der Waals surface area contributed by atoms with Crippen LogP contribution in [-0.4, -0.2) is 28.0 Å². The van der Waals surface area contributed by atoms with Crippen LogP contribution < -0.4 is 5.73 Å². The summed E-state index contributed by atoms with van der Waals surface area (Å²) in [5, 5.41) is 2.37. The zero-order valence-electron chi connectivity index (χ0n) is 10.2. The fraction of sp³-hybridized carbons (Fsp3) is 0.538. The number of nitrogens with two attached hydrogens (primary N) is 1. The minimum absolute atomic E-state index is 0.176. The summed E-state index contributed by atoms with van der Waals surface area (Å²) < 4.78 is 0. The van der Waals surface area contributed by atoms with Crippen LogP contribution in [0.3, 0.4) is 0 Å². The second kappa shape index (κ2) is 6.76. The smallest absolute Gasteiger partial charge is 0.0595 e. The molecule has 1 aliphatic rings. The lowest BCUT2D eigenvalue weighted by molar-refractivity contribution is 0.622. The number of hydrogen-bond donors (Lipinski definition) is 1. The summed E-state index contributed by atoms with van der Waals surface area (Å²) in [5.74, 6) is 2.44. The molecular formula is C13H17Cl2NS2. The summed E-state index contributed by atoms with van der Waals surface area (Å²) in [4.78, 5) is 0. The Hall–Kier alpha value is 0.460. The van der Waals surface area contributed by atoms with E-state index in [2.05, 4.69) is 6.92 Å². The molecule has 3 unspecified atom stereocenters. The molecule has 1 aliphatic heterocycles. The van der Waals surface area contributed by atoms with Gasteiger partial charge >= 0.3 is 0 Å². The lowest BCUT2D eigenvalue weighted by atomic mass is 10.0. The molecule has 0 aliphatic carbocycles. The predicted octanol–water partition coefficient (Wildman–Crippen LogP) is 4.10. The molecule has 0 radical (unpaired) electrons. The molecule has 1 saturated heterocycles. The molecule has 0 bridgehead atoms. The predicted molar refractivity (Wildman–Crippen MR) is 86.3 cm³/mol. The maximum absolute atomic E-state index is 6.35. The second-order valence-corrected chi connectivity index (χ2v) is 8.11. The van der Waals surface area contributed by atoms with Gasteiger partial charge in [-0.15, -0.1) is 0 Å². The van der Waals surface area contributed by atoms with Gasteiger partial charge in [0.2, 0.25) is 0 Å². The summed E-state index contributed by atoms with van der Waals surface area (Å²) in [6.45, 7) is 2.27. The molecule has 3 atom stereocenters. The van der Waals surface area contributed by atoms with E-state index in [1.165, 1.54) is 17.1 Å². The van der Waals surface area contributed by atoms with E-state index in [1.54, 1.807) is 0 Å². The van der Waals surface area contributed by atoms with E-state index in [1.807, 2.05) is 41.7 Å². The number of halogens is 2. The first-order valence-electron chi connectivity index (χ1n) is 6.00. The molecule has 1 fully saturated rings. The van der Waals surface area contributed by atoms with Crippen molar-refractivity contribution in [2.45, 2.75) is 29.9 Å². The van der Waals surface area contributed by atoms with E-state index in [9.17, 15) is 0 Å². The van der Waals surface area contributed by atoms with Crippen LogP contribution >= 0.6 is 46.7 Å². The minimum atomic E-state index is 0.176. The minimum Gasteiger partial charge on any atom is -0.326 e. The van der Waals surface area contributed by atoms with Crippen LogP contribution in [0.1, 0.15) is 12.5 Å². The fourth-order valence-electron chi connectivity index (χ4n) is 2.18. The molecule has 18 heavy (non-hydrogen) atoms. The zero-order valence-corrected chi connectivity index (χ0v) is 13.4. The van der Waals surface area contributed by atoms with Crippen molar-refractivity contribution >= 4 is 46.7 Å². The van der Waals surface area contributed by atoms with Gasteiger partial charge in [0, 0.05) is 28.0 Å². The first kappa shape index (κ1) is 14.9. The van der Waals surface area contributed by atoms with Gasteiger partial charge in [-0.25, -0.2) is 0 Å². The Balaban J connectivity index is 2.01. The van der Waals surface area contributed by atoms with E-state index in [-0.39, 0.29) is 6.04 Å². The Labute approximate surface area is 127 Å². The van der Waals surface area contributed by atoms with Gasteiger partial charge in [-0.1, -0.05) is 36.2 Å². The normalized spacial score (nSPS) is 26.0. The molecule has 5 heteroatoms. The lowest BCUT2D eigenvalue weighted by Crippen LogP contribution is -2.42. The van der Waals surface area contributed by atoms with E-state index in [0.717, 1.165) is 6.42 Å². The van der Waals surface area contributed by atoms with Gasteiger partial charge in [0.05, 0.1) is 10.0 Å². The molecule has 1 nitrogen and oxygen atoms in total. The number of benzene rings is 1. The molecule has 2 rings (SSSR count). The van der Waals surface area contributed by atoms with Crippen LogP contribution in [0.2, 0.25) is 10.0 Å². The SMILES string of the molecule is CC1SCCSC1C(N)Cc1ccc(Cl)c(Cl)c1. The molecule has 0 spiro atoms. The van der Waals surface area contributed by atoms with Gasteiger partial charge in [0.1, 0.15) is 0 Å². The molecule has 100 valence electrons. The highest BCUT2D eigenvalue weighted by Gasteiger charge is 2.28. The van der Waals surface area contributed by atoms with Gasteiger partial charge in [0.15, 0.2) is 0 Å². The van der Waals surface area contributed by atoms with Gasteiger partial charge in [0.25, 0.3) is 0 Å². The van der Waals surface area contributed by atoms with E-state index in [4.69, 9.17) is 28.9 Å². The fourth-order valence-corrected chi connectivity index (χ4v) is 5.39. The van der Waals surface area contributed by atoms with E-state index < -0.39 is 0 Å². The van der Waals surface area contributed by atoms with Crippen molar-refractivity contribution in [3.63, 3.8) is 0 Å². The summed E-state index contributed by atoms with van der Waals surface area (Å²) in [6, 6.07) is 5.96. The first-order chi connectivity index (χ1) is 8.58. The molecule has 2 N–H and O–H groups in total. The van der Waals surface area contributed by atoms with Crippen LogP contribution in [0, 0.1) is 0 Å². The number of rotatable bonds is 3. The highest BCUT2D eigenvalue weighted by atomic mass is 35.5. The van der Waals surface area contributed by atoms with Crippen molar-refractivity contribution in [1.82, 2.24) is 0 Å². The van der Waals surface area contributed by atoms with Crippen molar-refractivity contribution in [2.24, 2.45) is 5.73 Å². The van der Waals surface area contributed by atoms with Gasteiger partial charge in [-0.2, -0.15) is 23.5 Å². The molecule has 1 aromatic carbocycles. The third-order valence-electron chi connectivity index (χ3n) is 3.11. The van der Waals surface area contributed by atoms with Crippen molar-refractivity contribution < 1.29 is 0 Å². The molecule has 0 saturated carbocycles. The molecule has 0 aromatic heterocycles. The second-order valence-electron chi connectivity index (χ2n) is 4.53. The van der Waals surface area contributed by atoms with Gasteiger partial charge in [-0.05, 0) is 24.1 Å². The third-order valence-corrected chi connectivity index (χ3v) is 7.13. The quantitative estimate of drug-likeness (QED) is 0.907. The highest BCUT2D eigenvalue weighted by molar-refractivity contribution is 8.07. The van der Waals surface area contributed by atoms with Gasteiger partial charge in [-0.3, -0.25) is 0 Å². The summed E-state index contributed by atoms with van der Waals surface area (Å²) >= 11 is 16.0. The Morgan fingerprint density at radius 2 is 2.00 bits per heavy atom. The largest absolute Gasteiger partial charge is 0.326 e. The first-order valence-corrected chi connectivity index (χ1v) is 8.86. The van der Waals surface area contributed by atoms with Crippen molar-refractivity contribution in [3.8, 4) is 0 Å². The molecule has 1 aromatic rings. The van der Waals surface area contributed by atoms with E-state index >= 15 is 0 Å². The average Bonchev–Trinajstić information content (AvgIpc) is 2.34. The van der Waals surface area contributed by atoms with Crippen LogP contribution in [0.4, 0.5) is 0 Å². The van der Waals surface area contributed by atoms with Crippen LogP contribution in [0.5, 0.6) is 0 Å². The topological polar surface area (TPSA) is 26.0 Å². The van der Waals surface area contributed by atoms with Crippen molar-refractivity contribution in [3.05, 3.63) is 33.8 Å². The monoisotopic (exact) mass is 321 g/mol. The van der Waals surface area contributed by atoms with E-state index in [0.29, 0.717) is 20.5 Å². The number of thioether (sulfide) groups is 2. The summed E-state index contributed by atoms with van der Waals surface area (Å²) in [5.41, 5.74) is 7.52. The Bertz CT molecular complexity index is 414. The Morgan fingerprint density at radius 3 is 2.67 bits per heavy atom. The number of hydrogen-bond acceptors (Lipinski definition) is 3. The van der Waals surface area contributed by atoms with Crippen LogP contribution in [0.15, 0.2) is 18.2 Å². The maximum Gasteiger partial charge on any atom is 0.0595 e. The van der Waals surface area contributed by atoms with Crippen molar-refractivity contribution in [2.75, 3.05) is 11.5 Å². The van der Waals surface area contributed by atoms with Crippen LogP contribution in [-0.2, 0) is 6.42 Å². The summed E-state index contributed by atoms with van der Waals surface area (Å²) in [6.07, 6.45) is 0.861. The lowest BCUT2D eigenvalue weighted by Gasteiger charge is -2.32. The Morgan fingerprint density at radius 1 is 1.28 bits per heavy atom. The van der Waals surface area contributed by atoms with Crippen LogP contribution in [0.25, 0.3) is 0 Å². The molecule has 0 amide bonds. The average molecular weight is 322 g/mol. The molecule has 1 heterocycles. The van der Waals surface area contributed by atoms with Crippen molar-refractivity contribution in [1.29, 1.82) is 0 Å². The maximum atomic E-state index is 6.35.